The Hall–Kier alpha value is -1.02. The second-order valence-electron chi connectivity index (χ2n) is 5.67. The molecule has 2 heteroatoms. The average molecular weight is 233 g/mol. The zero-order valence-corrected chi connectivity index (χ0v) is 11.1. The minimum atomic E-state index is 0.0425. The number of aliphatic hydroxyl groups is 1. The minimum Gasteiger partial charge on any atom is -0.396 e. The number of aryl methyl sites for hydroxylation is 1. The first kappa shape index (κ1) is 12.4. The number of hydrogen-bond acceptors (Lipinski definition) is 2. The van der Waals surface area contributed by atoms with Crippen LogP contribution in [0, 0.1) is 12.8 Å². The van der Waals surface area contributed by atoms with Crippen molar-refractivity contribution >= 4 is 5.69 Å². The molecular formula is C15H23NO. The summed E-state index contributed by atoms with van der Waals surface area (Å²) in [7, 11) is 0. The van der Waals surface area contributed by atoms with Gasteiger partial charge in [-0.3, -0.25) is 0 Å². The van der Waals surface area contributed by atoms with E-state index in [0.29, 0.717) is 5.92 Å². The molecule has 0 spiro atoms. The maximum Gasteiger partial charge on any atom is 0.0481 e. The number of piperidine rings is 1. The van der Waals surface area contributed by atoms with Crippen molar-refractivity contribution < 1.29 is 5.11 Å². The molecule has 0 radical (unpaired) electrons. The number of hydrogen-bond donors (Lipinski definition) is 1. The predicted octanol–water partition coefficient (Wildman–Crippen LogP) is 2.98. The third-order valence-electron chi connectivity index (χ3n) is 4.16. The van der Waals surface area contributed by atoms with Crippen molar-refractivity contribution in [2.24, 2.45) is 5.92 Å². The van der Waals surface area contributed by atoms with E-state index in [1.807, 2.05) is 0 Å². The quantitative estimate of drug-likeness (QED) is 0.849. The molecule has 1 fully saturated rings. The van der Waals surface area contributed by atoms with Gasteiger partial charge >= 0.3 is 0 Å². The third-order valence-corrected chi connectivity index (χ3v) is 4.16. The Morgan fingerprint density at radius 3 is 2.82 bits per heavy atom. The van der Waals surface area contributed by atoms with Crippen LogP contribution in [0.2, 0.25) is 0 Å². The summed E-state index contributed by atoms with van der Waals surface area (Å²) in [6.07, 6.45) is 2.30. The summed E-state index contributed by atoms with van der Waals surface area (Å²) in [6.45, 7) is 8.00. The molecule has 0 bridgehead atoms. The van der Waals surface area contributed by atoms with Gasteiger partial charge in [0.1, 0.15) is 0 Å². The lowest BCUT2D eigenvalue weighted by Gasteiger charge is -2.49. The van der Waals surface area contributed by atoms with E-state index in [9.17, 15) is 5.11 Å². The van der Waals surface area contributed by atoms with Crippen LogP contribution in [0.1, 0.15) is 32.3 Å². The van der Waals surface area contributed by atoms with E-state index in [0.717, 1.165) is 13.0 Å². The van der Waals surface area contributed by atoms with Gasteiger partial charge in [0.2, 0.25) is 0 Å². The molecule has 0 aromatic heterocycles. The van der Waals surface area contributed by atoms with Gasteiger partial charge in [-0.15, -0.1) is 0 Å². The van der Waals surface area contributed by atoms with Crippen molar-refractivity contribution in [3.8, 4) is 0 Å². The van der Waals surface area contributed by atoms with E-state index in [1.165, 1.54) is 17.7 Å². The molecule has 0 saturated carbocycles. The predicted molar refractivity (Wildman–Crippen MR) is 72.4 cm³/mol. The SMILES string of the molecule is Cc1cccc(N2CCCC(CO)C2(C)C)c1. The fraction of sp³-hybridized carbons (Fsp3) is 0.600. The normalized spacial score (nSPS) is 23.8. The largest absolute Gasteiger partial charge is 0.396 e. The highest BCUT2D eigenvalue weighted by Gasteiger charge is 2.38. The Labute approximate surface area is 104 Å². The van der Waals surface area contributed by atoms with Crippen LogP contribution in [0.3, 0.4) is 0 Å². The molecule has 94 valence electrons. The number of rotatable bonds is 2. The fourth-order valence-electron chi connectivity index (χ4n) is 2.93. The van der Waals surface area contributed by atoms with E-state index >= 15 is 0 Å². The highest BCUT2D eigenvalue weighted by molar-refractivity contribution is 5.51. The van der Waals surface area contributed by atoms with Gasteiger partial charge in [0.05, 0.1) is 0 Å². The second kappa shape index (κ2) is 4.69. The summed E-state index contributed by atoms with van der Waals surface area (Å²) >= 11 is 0. The summed E-state index contributed by atoms with van der Waals surface area (Å²) in [5, 5.41) is 9.52. The molecule has 1 N–H and O–H groups in total. The monoisotopic (exact) mass is 233 g/mol. The Bertz CT molecular complexity index is 386. The summed E-state index contributed by atoms with van der Waals surface area (Å²) in [5.41, 5.74) is 2.62. The smallest absolute Gasteiger partial charge is 0.0481 e. The van der Waals surface area contributed by atoms with Gasteiger partial charge in [0.15, 0.2) is 0 Å². The molecular weight excluding hydrogens is 210 g/mol. The first-order chi connectivity index (χ1) is 8.05. The molecule has 1 unspecified atom stereocenters. The number of aliphatic hydroxyl groups excluding tert-OH is 1. The summed E-state index contributed by atoms with van der Waals surface area (Å²) in [4.78, 5) is 2.45. The molecule has 1 aromatic rings. The fourth-order valence-corrected chi connectivity index (χ4v) is 2.93. The lowest BCUT2D eigenvalue weighted by Crippen LogP contribution is -2.54. The van der Waals surface area contributed by atoms with Crippen LogP contribution in [0.4, 0.5) is 5.69 Å². The molecule has 0 aliphatic carbocycles. The molecule has 1 aliphatic heterocycles. The number of benzene rings is 1. The van der Waals surface area contributed by atoms with Crippen LogP contribution < -0.4 is 4.90 Å². The summed E-state index contributed by atoms with van der Waals surface area (Å²) in [6, 6.07) is 8.66. The van der Waals surface area contributed by atoms with Crippen molar-refractivity contribution in [3.05, 3.63) is 29.8 Å². The lowest BCUT2D eigenvalue weighted by atomic mass is 9.79. The molecule has 17 heavy (non-hydrogen) atoms. The zero-order chi connectivity index (χ0) is 12.5. The maximum absolute atomic E-state index is 9.52. The van der Waals surface area contributed by atoms with Gasteiger partial charge in [-0.1, -0.05) is 12.1 Å². The van der Waals surface area contributed by atoms with Gasteiger partial charge in [0.25, 0.3) is 0 Å². The van der Waals surface area contributed by atoms with Crippen LogP contribution in [0.25, 0.3) is 0 Å². The van der Waals surface area contributed by atoms with E-state index < -0.39 is 0 Å². The molecule has 0 amide bonds. The van der Waals surface area contributed by atoms with Crippen molar-refractivity contribution in [3.63, 3.8) is 0 Å². The van der Waals surface area contributed by atoms with Gasteiger partial charge in [-0.05, 0) is 51.3 Å². The Kier molecular flexibility index (Phi) is 3.43. The standard InChI is InChI=1S/C15H23NO/c1-12-6-4-8-14(10-12)16-9-5-7-13(11-17)15(16,2)3/h4,6,8,10,13,17H,5,7,9,11H2,1-3H3. The molecule has 1 aromatic carbocycles. The van der Waals surface area contributed by atoms with E-state index in [2.05, 4.69) is 49.9 Å². The number of anilines is 1. The van der Waals surface area contributed by atoms with Crippen molar-refractivity contribution in [1.29, 1.82) is 0 Å². The third kappa shape index (κ3) is 2.32. The molecule has 1 heterocycles. The highest BCUT2D eigenvalue weighted by Crippen LogP contribution is 2.36. The summed E-state index contributed by atoms with van der Waals surface area (Å²) < 4.78 is 0. The first-order valence-electron chi connectivity index (χ1n) is 6.51. The van der Waals surface area contributed by atoms with Crippen LogP contribution in [0.15, 0.2) is 24.3 Å². The van der Waals surface area contributed by atoms with Crippen molar-refractivity contribution in [1.82, 2.24) is 0 Å². The first-order valence-corrected chi connectivity index (χ1v) is 6.51. The van der Waals surface area contributed by atoms with Gasteiger partial charge in [-0.25, -0.2) is 0 Å². The van der Waals surface area contributed by atoms with E-state index in [4.69, 9.17) is 0 Å². The summed E-state index contributed by atoms with van der Waals surface area (Å²) in [5.74, 6) is 0.372. The lowest BCUT2D eigenvalue weighted by molar-refractivity contribution is 0.136. The number of nitrogens with zero attached hydrogens (tertiary/aromatic N) is 1. The molecule has 2 rings (SSSR count). The molecule has 1 aliphatic rings. The molecule has 1 saturated heterocycles. The van der Waals surface area contributed by atoms with Crippen LogP contribution in [0.5, 0.6) is 0 Å². The Morgan fingerprint density at radius 2 is 2.18 bits per heavy atom. The average Bonchev–Trinajstić information content (AvgIpc) is 2.28. The minimum absolute atomic E-state index is 0.0425. The Balaban J connectivity index is 2.31. The van der Waals surface area contributed by atoms with Crippen LogP contribution in [-0.4, -0.2) is 23.8 Å². The second-order valence-corrected chi connectivity index (χ2v) is 5.67. The van der Waals surface area contributed by atoms with Gasteiger partial charge < -0.3 is 10.0 Å². The van der Waals surface area contributed by atoms with E-state index in [1.54, 1.807) is 0 Å². The molecule has 2 nitrogen and oxygen atoms in total. The van der Waals surface area contributed by atoms with Gasteiger partial charge in [-0.2, -0.15) is 0 Å². The van der Waals surface area contributed by atoms with Crippen molar-refractivity contribution in [2.75, 3.05) is 18.1 Å². The van der Waals surface area contributed by atoms with Crippen LogP contribution in [-0.2, 0) is 0 Å². The molecule has 1 atom stereocenters. The van der Waals surface area contributed by atoms with Crippen LogP contribution >= 0.6 is 0 Å². The van der Waals surface area contributed by atoms with Crippen molar-refractivity contribution in [2.45, 2.75) is 39.2 Å². The van der Waals surface area contributed by atoms with Gasteiger partial charge in [0, 0.05) is 30.3 Å². The maximum atomic E-state index is 9.52. The Morgan fingerprint density at radius 1 is 1.41 bits per heavy atom. The highest BCUT2D eigenvalue weighted by atomic mass is 16.3. The van der Waals surface area contributed by atoms with E-state index in [-0.39, 0.29) is 12.1 Å². The topological polar surface area (TPSA) is 23.5 Å². The zero-order valence-electron chi connectivity index (χ0n) is 11.1.